The number of nitrogens with zero attached hydrogens (tertiary/aromatic N) is 4. The molecule has 2 aromatic heterocycles. The zero-order valence-corrected chi connectivity index (χ0v) is 15.9. The Labute approximate surface area is 166 Å². The SMILES string of the molecule is Cc1ccccc1-c1noc(-c2cc3n(n2)C[C@H](c2ccc(Cl)cc2)OC3)n1. The molecule has 0 amide bonds. The zero-order valence-electron chi connectivity index (χ0n) is 15.2. The first-order valence-electron chi connectivity index (χ1n) is 9.01. The Hall–Kier alpha value is -2.96. The molecule has 5 rings (SSSR count). The van der Waals surface area contributed by atoms with Crippen LogP contribution in [0.25, 0.3) is 23.0 Å². The summed E-state index contributed by atoms with van der Waals surface area (Å²) >= 11 is 5.98. The smallest absolute Gasteiger partial charge is 0.278 e. The van der Waals surface area contributed by atoms with E-state index in [1.807, 2.05) is 66.2 Å². The van der Waals surface area contributed by atoms with Gasteiger partial charge in [-0.25, -0.2) is 0 Å². The molecule has 2 aromatic carbocycles. The molecular weight excluding hydrogens is 376 g/mol. The average Bonchev–Trinajstić information content (AvgIpc) is 3.35. The van der Waals surface area contributed by atoms with Crippen molar-refractivity contribution in [3.8, 4) is 23.0 Å². The Balaban J connectivity index is 1.41. The van der Waals surface area contributed by atoms with Crippen molar-refractivity contribution in [2.24, 2.45) is 0 Å². The molecule has 1 aliphatic rings. The van der Waals surface area contributed by atoms with Gasteiger partial charge in [-0.3, -0.25) is 4.68 Å². The lowest BCUT2D eigenvalue weighted by atomic mass is 10.1. The summed E-state index contributed by atoms with van der Waals surface area (Å²) in [7, 11) is 0. The van der Waals surface area contributed by atoms with Gasteiger partial charge < -0.3 is 9.26 Å². The largest absolute Gasteiger partial charge is 0.365 e. The summed E-state index contributed by atoms with van der Waals surface area (Å²) in [5, 5.41) is 9.49. The lowest BCUT2D eigenvalue weighted by Gasteiger charge is -2.24. The third kappa shape index (κ3) is 3.10. The van der Waals surface area contributed by atoms with E-state index in [1.54, 1.807) is 0 Å². The number of hydrogen-bond acceptors (Lipinski definition) is 5. The molecule has 0 radical (unpaired) electrons. The van der Waals surface area contributed by atoms with Crippen molar-refractivity contribution in [1.82, 2.24) is 19.9 Å². The van der Waals surface area contributed by atoms with Crippen LogP contribution in [0.2, 0.25) is 5.02 Å². The summed E-state index contributed by atoms with van der Waals surface area (Å²) < 4.78 is 13.4. The van der Waals surface area contributed by atoms with Crippen molar-refractivity contribution >= 4 is 11.6 Å². The Morgan fingerprint density at radius 1 is 1.11 bits per heavy atom. The second-order valence-corrected chi connectivity index (χ2v) is 7.23. The summed E-state index contributed by atoms with van der Waals surface area (Å²) in [6, 6.07) is 17.6. The van der Waals surface area contributed by atoms with Crippen LogP contribution < -0.4 is 0 Å². The Morgan fingerprint density at radius 2 is 1.93 bits per heavy atom. The van der Waals surface area contributed by atoms with E-state index in [-0.39, 0.29) is 6.10 Å². The molecule has 0 aliphatic carbocycles. The first-order chi connectivity index (χ1) is 13.7. The highest BCUT2D eigenvalue weighted by atomic mass is 35.5. The molecule has 0 unspecified atom stereocenters. The maximum atomic E-state index is 6.00. The highest BCUT2D eigenvalue weighted by Gasteiger charge is 2.24. The number of ether oxygens (including phenoxy) is 1. The lowest BCUT2D eigenvalue weighted by Crippen LogP contribution is -2.21. The van der Waals surface area contributed by atoms with Gasteiger partial charge in [0.2, 0.25) is 5.82 Å². The summed E-state index contributed by atoms with van der Waals surface area (Å²) in [5.41, 5.74) is 4.76. The van der Waals surface area contributed by atoms with E-state index in [0.29, 0.717) is 35.6 Å². The van der Waals surface area contributed by atoms with Gasteiger partial charge in [0.1, 0.15) is 6.10 Å². The van der Waals surface area contributed by atoms with E-state index in [1.165, 1.54) is 0 Å². The molecule has 28 heavy (non-hydrogen) atoms. The van der Waals surface area contributed by atoms with E-state index >= 15 is 0 Å². The normalized spacial score (nSPS) is 16.1. The van der Waals surface area contributed by atoms with Crippen LogP contribution in [0.15, 0.2) is 59.1 Å². The molecule has 3 heterocycles. The van der Waals surface area contributed by atoms with Crippen LogP contribution in [-0.4, -0.2) is 19.9 Å². The lowest BCUT2D eigenvalue weighted by molar-refractivity contribution is -0.00112. The van der Waals surface area contributed by atoms with Gasteiger partial charge in [0, 0.05) is 10.6 Å². The van der Waals surface area contributed by atoms with Crippen molar-refractivity contribution in [3.05, 3.63) is 76.4 Å². The van der Waals surface area contributed by atoms with Crippen LogP contribution in [0.5, 0.6) is 0 Å². The molecular formula is C21H17ClN4O2. The third-order valence-electron chi connectivity index (χ3n) is 4.91. The molecule has 0 bridgehead atoms. The molecule has 1 aliphatic heterocycles. The number of benzene rings is 2. The topological polar surface area (TPSA) is 66.0 Å². The van der Waals surface area contributed by atoms with Crippen molar-refractivity contribution in [2.75, 3.05) is 0 Å². The Kier molecular flexibility index (Phi) is 4.22. The number of rotatable bonds is 3. The molecule has 6 nitrogen and oxygen atoms in total. The molecule has 4 aromatic rings. The van der Waals surface area contributed by atoms with Crippen LogP contribution in [0, 0.1) is 6.92 Å². The molecule has 0 fully saturated rings. The molecule has 0 N–H and O–H groups in total. The zero-order chi connectivity index (χ0) is 19.1. The maximum Gasteiger partial charge on any atom is 0.278 e. The average molecular weight is 393 g/mol. The number of fused-ring (bicyclic) bond motifs is 1. The minimum Gasteiger partial charge on any atom is -0.365 e. The van der Waals surface area contributed by atoms with Crippen molar-refractivity contribution in [1.29, 1.82) is 0 Å². The molecule has 7 heteroatoms. The van der Waals surface area contributed by atoms with Crippen molar-refractivity contribution < 1.29 is 9.26 Å². The minimum absolute atomic E-state index is 0.0669. The molecule has 140 valence electrons. The number of halogens is 1. The van der Waals surface area contributed by atoms with E-state index in [0.717, 1.165) is 22.4 Å². The summed E-state index contributed by atoms with van der Waals surface area (Å²) in [6.07, 6.45) is -0.0669. The fourth-order valence-electron chi connectivity index (χ4n) is 3.37. The molecule has 1 atom stereocenters. The Morgan fingerprint density at radius 3 is 2.75 bits per heavy atom. The fraction of sp³-hybridized carbons (Fsp3) is 0.190. The quantitative estimate of drug-likeness (QED) is 0.499. The second-order valence-electron chi connectivity index (χ2n) is 6.79. The van der Waals surface area contributed by atoms with E-state index in [2.05, 4.69) is 15.2 Å². The van der Waals surface area contributed by atoms with Crippen LogP contribution in [0.4, 0.5) is 0 Å². The summed E-state index contributed by atoms with van der Waals surface area (Å²) in [4.78, 5) is 4.53. The number of aryl methyl sites for hydroxylation is 1. The monoisotopic (exact) mass is 392 g/mol. The highest BCUT2D eigenvalue weighted by Crippen LogP contribution is 2.30. The fourth-order valence-corrected chi connectivity index (χ4v) is 3.50. The van der Waals surface area contributed by atoms with Gasteiger partial charge in [-0.1, -0.05) is 53.2 Å². The standard InChI is InChI=1S/C21H17ClN4O2/c1-13-4-2-3-5-17(13)20-23-21(28-25-20)18-10-16-12-27-19(11-26(16)24-18)14-6-8-15(22)9-7-14/h2-10,19H,11-12H2,1H3/t19-/m1/s1. The van der Waals surface area contributed by atoms with E-state index in [9.17, 15) is 0 Å². The van der Waals surface area contributed by atoms with Gasteiger partial charge in [-0.05, 0) is 36.2 Å². The first-order valence-corrected chi connectivity index (χ1v) is 9.39. The second kappa shape index (κ2) is 6.89. The third-order valence-corrected chi connectivity index (χ3v) is 5.16. The van der Waals surface area contributed by atoms with Crippen LogP contribution in [-0.2, 0) is 17.9 Å². The van der Waals surface area contributed by atoms with Crippen LogP contribution >= 0.6 is 11.6 Å². The summed E-state index contributed by atoms with van der Waals surface area (Å²) in [5.74, 6) is 0.970. The molecule has 0 saturated heterocycles. The van der Waals surface area contributed by atoms with Gasteiger partial charge in [0.15, 0.2) is 5.69 Å². The summed E-state index contributed by atoms with van der Waals surface area (Å²) in [6.45, 7) is 3.11. The van der Waals surface area contributed by atoms with Gasteiger partial charge in [-0.15, -0.1) is 0 Å². The van der Waals surface area contributed by atoms with Crippen LogP contribution in [0.1, 0.15) is 22.9 Å². The van der Waals surface area contributed by atoms with E-state index < -0.39 is 0 Å². The predicted octanol–water partition coefficient (Wildman–Crippen LogP) is 4.83. The van der Waals surface area contributed by atoms with Gasteiger partial charge >= 0.3 is 0 Å². The van der Waals surface area contributed by atoms with Crippen LogP contribution in [0.3, 0.4) is 0 Å². The highest BCUT2D eigenvalue weighted by molar-refractivity contribution is 6.30. The predicted molar refractivity (Wildman–Crippen MR) is 105 cm³/mol. The van der Waals surface area contributed by atoms with Crippen molar-refractivity contribution in [2.45, 2.75) is 26.2 Å². The van der Waals surface area contributed by atoms with Gasteiger partial charge in [0.05, 0.1) is 18.8 Å². The van der Waals surface area contributed by atoms with E-state index in [4.69, 9.17) is 20.9 Å². The molecule has 0 spiro atoms. The maximum absolute atomic E-state index is 6.00. The number of hydrogen-bond donors (Lipinski definition) is 0. The Bertz CT molecular complexity index is 1130. The molecule has 0 saturated carbocycles. The van der Waals surface area contributed by atoms with Gasteiger partial charge in [-0.2, -0.15) is 10.1 Å². The van der Waals surface area contributed by atoms with Gasteiger partial charge in [0.25, 0.3) is 5.89 Å². The minimum atomic E-state index is -0.0669. The van der Waals surface area contributed by atoms with Crippen molar-refractivity contribution in [3.63, 3.8) is 0 Å². The first kappa shape index (κ1) is 17.2. The number of aromatic nitrogens is 4.